The number of rotatable bonds is 0. The molecule has 5 rings (SSSR count). The summed E-state index contributed by atoms with van der Waals surface area (Å²) in [7, 11) is 0. The fourth-order valence-corrected chi connectivity index (χ4v) is 7.37. The molecule has 21 heavy (non-hydrogen) atoms. The van der Waals surface area contributed by atoms with Gasteiger partial charge in [-0.15, -0.1) is 0 Å². The first-order valence-electron chi connectivity index (χ1n) is 9.25. The van der Waals surface area contributed by atoms with Crippen LogP contribution >= 0.6 is 0 Å². The van der Waals surface area contributed by atoms with E-state index in [1.54, 1.807) is 0 Å². The van der Waals surface area contributed by atoms with Crippen LogP contribution < -0.4 is 0 Å². The third-order valence-electron chi connectivity index (χ3n) is 8.54. The van der Waals surface area contributed by atoms with Gasteiger partial charge in [0.15, 0.2) is 5.78 Å². The first-order chi connectivity index (χ1) is 10.1. The summed E-state index contributed by atoms with van der Waals surface area (Å²) in [5.74, 6) is 3.60. The van der Waals surface area contributed by atoms with Gasteiger partial charge in [-0.1, -0.05) is 26.7 Å². The van der Waals surface area contributed by atoms with E-state index in [1.807, 2.05) is 0 Å². The molecule has 1 heterocycles. The zero-order valence-corrected chi connectivity index (χ0v) is 13.4. The van der Waals surface area contributed by atoms with Gasteiger partial charge >= 0.3 is 0 Å². The molecule has 2 heteroatoms. The van der Waals surface area contributed by atoms with Crippen molar-refractivity contribution in [2.24, 2.45) is 34.5 Å². The lowest BCUT2D eigenvalue weighted by atomic mass is 9.45. The molecule has 5 fully saturated rings. The summed E-state index contributed by atoms with van der Waals surface area (Å²) < 4.78 is 5.77. The Morgan fingerprint density at radius 1 is 1.05 bits per heavy atom. The molecule has 0 aromatic carbocycles. The Bertz CT molecular complexity index is 500. The maximum atomic E-state index is 12.6. The highest BCUT2D eigenvalue weighted by Crippen LogP contribution is 2.68. The molecule has 0 bridgehead atoms. The minimum absolute atomic E-state index is 0.00404. The van der Waals surface area contributed by atoms with Crippen LogP contribution in [0.25, 0.3) is 0 Å². The fraction of sp³-hybridized carbons (Fsp3) is 0.947. The van der Waals surface area contributed by atoms with Gasteiger partial charge in [-0.05, 0) is 61.7 Å². The third-order valence-corrected chi connectivity index (χ3v) is 8.54. The summed E-state index contributed by atoms with van der Waals surface area (Å²) in [5.41, 5.74) is 0.533. The Morgan fingerprint density at radius 2 is 1.90 bits per heavy atom. The van der Waals surface area contributed by atoms with Gasteiger partial charge in [-0.25, -0.2) is 0 Å². The van der Waals surface area contributed by atoms with Gasteiger partial charge < -0.3 is 4.74 Å². The average Bonchev–Trinajstić information content (AvgIpc) is 3.21. The highest BCUT2D eigenvalue weighted by molar-refractivity contribution is 5.94. The molecule has 1 aliphatic heterocycles. The predicted molar refractivity (Wildman–Crippen MR) is 80.8 cm³/mol. The third kappa shape index (κ3) is 1.46. The van der Waals surface area contributed by atoms with Gasteiger partial charge in [0.1, 0.15) is 6.10 Å². The molecule has 0 spiro atoms. The number of Topliss-reactive ketones (excluding diaryl/α,β-unsaturated/α-hetero) is 1. The minimum atomic E-state index is -0.0351. The number of carbonyl (C=O) groups excluding carboxylic acids is 1. The number of ether oxygens (including phenoxy) is 1. The highest BCUT2D eigenvalue weighted by atomic mass is 16.6. The molecule has 4 saturated carbocycles. The number of epoxide rings is 1. The maximum Gasteiger partial charge on any atom is 0.170 e. The lowest BCUT2D eigenvalue weighted by molar-refractivity contribution is -0.149. The van der Waals surface area contributed by atoms with Crippen LogP contribution in [0, 0.1) is 34.5 Å². The van der Waals surface area contributed by atoms with Crippen LogP contribution in [-0.2, 0) is 9.53 Å². The van der Waals surface area contributed by atoms with E-state index >= 15 is 0 Å². The molecule has 0 amide bonds. The van der Waals surface area contributed by atoms with Crippen LogP contribution in [0.2, 0.25) is 0 Å². The van der Waals surface area contributed by atoms with E-state index < -0.39 is 0 Å². The molecule has 5 aliphatic rings. The number of fused-ring (bicyclic) bond motifs is 7. The van der Waals surface area contributed by atoms with Gasteiger partial charge in [0, 0.05) is 11.3 Å². The normalized spacial score (nSPS) is 61.5. The summed E-state index contributed by atoms with van der Waals surface area (Å²) in [6.07, 6.45) is 11.3. The molecule has 0 aromatic heterocycles. The van der Waals surface area contributed by atoms with E-state index in [9.17, 15) is 4.79 Å². The van der Waals surface area contributed by atoms with Crippen molar-refractivity contribution in [3.8, 4) is 0 Å². The van der Waals surface area contributed by atoms with Crippen molar-refractivity contribution < 1.29 is 9.53 Å². The average molecular weight is 288 g/mol. The van der Waals surface area contributed by atoms with Gasteiger partial charge in [-0.2, -0.15) is 0 Å². The summed E-state index contributed by atoms with van der Waals surface area (Å²) in [4.78, 5) is 12.6. The molecule has 2 nitrogen and oxygen atoms in total. The van der Waals surface area contributed by atoms with Crippen LogP contribution in [0.4, 0.5) is 0 Å². The molecule has 1 saturated heterocycles. The van der Waals surface area contributed by atoms with Crippen LogP contribution in [-0.4, -0.2) is 18.0 Å². The van der Waals surface area contributed by atoms with Gasteiger partial charge in [0.25, 0.3) is 0 Å². The zero-order chi connectivity index (χ0) is 14.4. The predicted octanol–water partition coefficient (Wildman–Crippen LogP) is 3.98. The molecule has 0 N–H and O–H groups in total. The van der Waals surface area contributed by atoms with Crippen molar-refractivity contribution in [1.29, 1.82) is 0 Å². The van der Waals surface area contributed by atoms with Gasteiger partial charge in [0.05, 0.1) is 6.10 Å². The zero-order valence-electron chi connectivity index (χ0n) is 13.4. The molecule has 3 unspecified atom stereocenters. The maximum absolute atomic E-state index is 12.6. The molecule has 0 aromatic rings. The van der Waals surface area contributed by atoms with Gasteiger partial charge in [-0.3, -0.25) is 4.79 Å². The van der Waals surface area contributed by atoms with Crippen LogP contribution in [0.5, 0.6) is 0 Å². The first-order valence-corrected chi connectivity index (χ1v) is 9.25. The van der Waals surface area contributed by atoms with Crippen molar-refractivity contribution in [2.75, 3.05) is 0 Å². The van der Waals surface area contributed by atoms with Crippen LogP contribution in [0.1, 0.15) is 65.2 Å². The standard InChI is InChI=1S/C19H28O2/c1-18-9-4-3-5-11(18)6-7-12-13(18)8-10-19(2)14(12)15-16(21-15)17(19)20/h11-16H,3-10H2,1-2H3/t11?,12-,13+,14-,15?,16?,18+,19+/m1/s1. The van der Waals surface area contributed by atoms with Gasteiger partial charge in [0.2, 0.25) is 0 Å². The number of hydrogen-bond donors (Lipinski definition) is 0. The largest absolute Gasteiger partial charge is 0.361 e. The van der Waals surface area contributed by atoms with Crippen molar-refractivity contribution in [3.05, 3.63) is 0 Å². The molecular formula is C19H28O2. The molecule has 116 valence electrons. The fourth-order valence-electron chi connectivity index (χ4n) is 7.37. The SMILES string of the molecule is C[C@]12CCCCC1CC[C@@H]1[C@@H]2CC[C@]2(C)C(=O)C3OC3[C@@H]12. The van der Waals surface area contributed by atoms with E-state index in [4.69, 9.17) is 4.74 Å². The highest BCUT2D eigenvalue weighted by Gasteiger charge is 2.72. The number of ketones is 1. The molecule has 4 aliphatic carbocycles. The summed E-state index contributed by atoms with van der Waals surface area (Å²) >= 11 is 0. The van der Waals surface area contributed by atoms with Crippen molar-refractivity contribution in [1.82, 2.24) is 0 Å². The van der Waals surface area contributed by atoms with Crippen molar-refractivity contribution in [2.45, 2.75) is 77.4 Å². The minimum Gasteiger partial charge on any atom is -0.361 e. The Kier molecular flexibility index (Phi) is 2.45. The van der Waals surface area contributed by atoms with Crippen LogP contribution in [0.15, 0.2) is 0 Å². The summed E-state index contributed by atoms with van der Waals surface area (Å²) in [6, 6.07) is 0. The second kappa shape index (κ2) is 3.93. The van der Waals surface area contributed by atoms with E-state index in [0.29, 0.717) is 23.2 Å². The lowest BCUT2D eigenvalue weighted by Gasteiger charge is -2.59. The quantitative estimate of drug-likeness (QED) is 0.631. The van der Waals surface area contributed by atoms with Crippen molar-refractivity contribution >= 4 is 5.78 Å². The number of carbonyl (C=O) groups is 1. The Hall–Kier alpha value is -0.370. The second-order valence-corrected chi connectivity index (χ2v) is 9.16. The van der Waals surface area contributed by atoms with E-state index in [2.05, 4.69) is 13.8 Å². The summed E-state index contributed by atoms with van der Waals surface area (Å²) in [6.45, 7) is 4.86. The van der Waals surface area contributed by atoms with E-state index in [-0.39, 0.29) is 11.5 Å². The molecule has 8 atom stereocenters. The molecule has 0 radical (unpaired) electrons. The lowest BCUT2D eigenvalue weighted by Crippen LogP contribution is -2.54. The first kappa shape index (κ1) is 13.1. The van der Waals surface area contributed by atoms with E-state index in [1.165, 1.54) is 44.9 Å². The van der Waals surface area contributed by atoms with E-state index in [0.717, 1.165) is 24.2 Å². The summed E-state index contributed by atoms with van der Waals surface area (Å²) in [5, 5.41) is 0. The Balaban J connectivity index is 1.52. The Morgan fingerprint density at radius 3 is 2.76 bits per heavy atom. The van der Waals surface area contributed by atoms with Crippen molar-refractivity contribution in [3.63, 3.8) is 0 Å². The topological polar surface area (TPSA) is 29.6 Å². The smallest absolute Gasteiger partial charge is 0.170 e. The van der Waals surface area contributed by atoms with Crippen LogP contribution in [0.3, 0.4) is 0 Å². The number of hydrogen-bond acceptors (Lipinski definition) is 2. The molecular weight excluding hydrogens is 260 g/mol. The Labute approximate surface area is 128 Å². The second-order valence-electron chi connectivity index (χ2n) is 9.16. The monoisotopic (exact) mass is 288 g/mol.